The van der Waals surface area contributed by atoms with Crippen LogP contribution in [0.2, 0.25) is 0 Å². The van der Waals surface area contributed by atoms with Gasteiger partial charge in [0.2, 0.25) is 11.5 Å². The Kier molecular flexibility index (Phi) is 14.9. The third-order valence-corrected chi connectivity index (χ3v) is 13.5. The summed E-state index contributed by atoms with van der Waals surface area (Å²) in [5, 5.41) is 11.9. The van der Waals surface area contributed by atoms with Crippen molar-refractivity contribution >= 4 is 22.9 Å². The van der Waals surface area contributed by atoms with Gasteiger partial charge in [0.1, 0.15) is 12.3 Å². The highest BCUT2D eigenvalue weighted by atomic mass is 16.3. The van der Waals surface area contributed by atoms with Gasteiger partial charge < -0.3 is 10.0 Å². The van der Waals surface area contributed by atoms with Gasteiger partial charge in [0.05, 0.1) is 16.6 Å². The van der Waals surface area contributed by atoms with Gasteiger partial charge in [-0.1, -0.05) is 171 Å². The van der Waals surface area contributed by atoms with E-state index >= 15 is 0 Å². The Labute approximate surface area is 355 Å². The summed E-state index contributed by atoms with van der Waals surface area (Å²) in [6.07, 6.45) is 24.4. The van der Waals surface area contributed by atoms with Crippen molar-refractivity contribution in [2.24, 2.45) is 0 Å². The number of allylic oxidation sites excluding steroid dienone is 5. The van der Waals surface area contributed by atoms with Gasteiger partial charge in [0.15, 0.2) is 5.71 Å². The van der Waals surface area contributed by atoms with Gasteiger partial charge in [-0.05, 0) is 72.4 Å². The topological polar surface area (TPSA) is 43.5 Å². The molecule has 0 spiro atoms. The molecule has 0 unspecified atom stereocenters. The zero-order chi connectivity index (χ0) is 42.5. The molecule has 5 rings (SSSR count). The minimum absolute atomic E-state index is 0.0341. The maximum atomic E-state index is 14.3. The number of aliphatic hydroxyl groups excluding tert-OH is 1. The lowest BCUT2D eigenvalue weighted by molar-refractivity contribution is -0.438. The number of Topliss-reactive ketones (excluding diaryl/α,β-unsaturated/α-hetero) is 1. The van der Waals surface area contributed by atoms with Crippen LogP contribution in [0.3, 0.4) is 0 Å². The van der Waals surface area contributed by atoms with E-state index in [1.807, 2.05) is 12.2 Å². The molecular weight excluding hydrogens is 709 g/mol. The van der Waals surface area contributed by atoms with E-state index in [1.165, 1.54) is 124 Å². The van der Waals surface area contributed by atoms with Gasteiger partial charge >= 0.3 is 0 Å². The molecule has 58 heavy (non-hydrogen) atoms. The van der Waals surface area contributed by atoms with Crippen LogP contribution in [0.25, 0.3) is 0 Å². The Morgan fingerprint density at radius 2 is 1.14 bits per heavy atom. The number of carbonyl (C=O) groups is 1. The van der Waals surface area contributed by atoms with Crippen molar-refractivity contribution < 1.29 is 14.5 Å². The van der Waals surface area contributed by atoms with Crippen LogP contribution < -0.4 is 4.90 Å². The number of fused-ring (bicyclic) bond motifs is 2. The quantitative estimate of drug-likeness (QED) is 0.0825. The average Bonchev–Trinajstić information content (AvgIpc) is 3.51. The lowest BCUT2D eigenvalue weighted by Gasteiger charge is -2.29. The summed E-state index contributed by atoms with van der Waals surface area (Å²) < 4.78 is 2.46. The van der Waals surface area contributed by atoms with E-state index in [9.17, 15) is 9.90 Å². The number of ketones is 1. The van der Waals surface area contributed by atoms with Gasteiger partial charge in [-0.25, -0.2) is 0 Å². The van der Waals surface area contributed by atoms with E-state index in [0.717, 1.165) is 37.3 Å². The molecule has 0 atom stereocenters. The highest BCUT2D eigenvalue weighted by Gasteiger charge is 2.48. The van der Waals surface area contributed by atoms with Crippen molar-refractivity contribution in [1.82, 2.24) is 0 Å². The van der Waals surface area contributed by atoms with Gasteiger partial charge in [-0.2, -0.15) is 4.58 Å². The average molecular weight is 790 g/mol. The maximum Gasteiger partial charge on any atom is 0.209 e. The molecule has 318 valence electrons. The SMILES string of the molecule is CCCCCCCCCCN1/C(=C\C2=C(O)C(=C\C3=[N+](CCCCCCCCCC)c4ccc(C(C)(C)C)cc4C3(C)C)/C2=O)C(C)(C)c2cc(C(C)(C)C)ccc21. The Hall–Kier alpha value is -3.40. The van der Waals surface area contributed by atoms with E-state index in [4.69, 9.17) is 0 Å². The summed E-state index contributed by atoms with van der Waals surface area (Å²) in [5.41, 5.74) is 10.3. The first kappa shape index (κ1) is 45.7. The van der Waals surface area contributed by atoms with Crippen LogP contribution in [0.5, 0.6) is 0 Å². The zero-order valence-corrected chi connectivity index (χ0v) is 39.1. The minimum atomic E-state index is -0.314. The molecule has 0 saturated heterocycles. The predicted octanol–water partition coefficient (Wildman–Crippen LogP) is 14.9. The molecular formula is C54H81N2O2+. The smallest absolute Gasteiger partial charge is 0.209 e. The maximum absolute atomic E-state index is 14.3. The van der Waals surface area contributed by atoms with Crippen LogP contribution in [-0.2, 0) is 26.5 Å². The van der Waals surface area contributed by atoms with Gasteiger partial charge in [0, 0.05) is 47.5 Å². The highest BCUT2D eigenvalue weighted by Crippen LogP contribution is 2.51. The molecule has 0 saturated carbocycles. The van der Waals surface area contributed by atoms with Crippen molar-refractivity contribution in [3.63, 3.8) is 0 Å². The molecule has 1 N–H and O–H groups in total. The van der Waals surface area contributed by atoms with E-state index in [-0.39, 0.29) is 33.2 Å². The molecule has 2 aliphatic heterocycles. The first-order valence-electron chi connectivity index (χ1n) is 23.5. The summed E-state index contributed by atoms with van der Waals surface area (Å²) in [7, 11) is 0. The summed E-state index contributed by atoms with van der Waals surface area (Å²) in [6, 6.07) is 13.9. The van der Waals surface area contributed by atoms with Gasteiger partial charge in [0.25, 0.3) is 0 Å². The number of unbranched alkanes of at least 4 members (excludes halogenated alkanes) is 14. The predicted molar refractivity (Wildman–Crippen MR) is 250 cm³/mol. The molecule has 2 aromatic rings. The molecule has 3 aliphatic rings. The zero-order valence-electron chi connectivity index (χ0n) is 39.1. The molecule has 0 amide bonds. The molecule has 2 heterocycles. The fourth-order valence-electron chi connectivity index (χ4n) is 9.48. The number of hydrogen-bond acceptors (Lipinski definition) is 3. The van der Waals surface area contributed by atoms with Crippen LogP contribution in [-0.4, -0.2) is 34.3 Å². The van der Waals surface area contributed by atoms with Crippen molar-refractivity contribution in [1.29, 1.82) is 0 Å². The van der Waals surface area contributed by atoms with E-state index in [1.54, 1.807) is 0 Å². The van der Waals surface area contributed by atoms with E-state index in [2.05, 4.69) is 129 Å². The third-order valence-electron chi connectivity index (χ3n) is 13.5. The second-order valence-electron chi connectivity index (χ2n) is 21.0. The second kappa shape index (κ2) is 18.9. The van der Waals surface area contributed by atoms with Crippen LogP contribution >= 0.6 is 0 Å². The highest BCUT2D eigenvalue weighted by molar-refractivity contribution is 6.24. The first-order chi connectivity index (χ1) is 27.3. The van der Waals surface area contributed by atoms with Gasteiger partial charge in [-0.15, -0.1) is 0 Å². The molecule has 4 heteroatoms. The van der Waals surface area contributed by atoms with Crippen LogP contribution in [0, 0.1) is 0 Å². The Bertz CT molecular complexity index is 1900. The molecule has 0 radical (unpaired) electrons. The molecule has 4 nitrogen and oxygen atoms in total. The van der Waals surface area contributed by atoms with Crippen LogP contribution in [0.1, 0.15) is 208 Å². The normalized spacial score (nSPS) is 18.8. The second-order valence-corrected chi connectivity index (χ2v) is 21.0. The number of rotatable bonds is 20. The number of carbonyl (C=O) groups excluding carboxylic acids is 1. The molecule has 0 bridgehead atoms. The molecule has 1 aliphatic carbocycles. The lowest BCUT2D eigenvalue weighted by Crippen LogP contribution is -2.32. The number of anilines is 1. The van der Waals surface area contributed by atoms with Crippen molar-refractivity contribution in [2.75, 3.05) is 18.0 Å². The van der Waals surface area contributed by atoms with Crippen molar-refractivity contribution in [2.45, 2.75) is 207 Å². The summed E-state index contributed by atoms with van der Waals surface area (Å²) in [5.74, 6) is 0.0779. The number of nitrogens with zero attached hydrogens (tertiary/aromatic N) is 2. The van der Waals surface area contributed by atoms with Gasteiger partial charge in [-0.3, -0.25) is 4.79 Å². The monoisotopic (exact) mass is 790 g/mol. The van der Waals surface area contributed by atoms with E-state index in [0.29, 0.717) is 11.1 Å². The summed E-state index contributed by atoms with van der Waals surface area (Å²) in [6.45, 7) is 29.2. The third kappa shape index (κ3) is 9.96. The molecule has 0 fully saturated rings. The molecule has 0 aromatic heterocycles. The Morgan fingerprint density at radius 3 is 1.67 bits per heavy atom. The minimum Gasteiger partial charge on any atom is -0.506 e. The first-order valence-corrected chi connectivity index (χ1v) is 23.5. The van der Waals surface area contributed by atoms with E-state index < -0.39 is 0 Å². The number of hydrogen-bond donors (Lipinski definition) is 1. The fraction of sp³-hybridized carbons (Fsp3) is 0.630. The van der Waals surface area contributed by atoms with Crippen molar-refractivity contribution in [3.8, 4) is 0 Å². The summed E-state index contributed by atoms with van der Waals surface area (Å²) >= 11 is 0. The Balaban J connectivity index is 1.47. The Morgan fingerprint density at radius 1 is 0.638 bits per heavy atom. The lowest BCUT2D eigenvalue weighted by atomic mass is 9.76. The standard InChI is InChI=1S/C54H80N2O2/c1-13-15-17-19-21-23-25-27-33-55-45-31-29-39(51(3,4)5)35-43(45)53(9,10)47(55)37-41-49(57)42(50(41)58)38-48-54(11,12)44-36-40(52(6,7)8)30-32-46(44)56(48)34-28-26-24-22-20-18-16-14-2/h29-32,35-38H,13-28,33-34H2,1-12H3/p+1. The van der Waals surface area contributed by atoms with Crippen LogP contribution in [0.4, 0.5) is 11.4 Å². The van der Waals surface area contributed by atoms with Crippen LogP contribution in [0.15, 0.2) is 71.2 Å². The largest absolute Gasteiger partial charge is 0.506 e. The number of benzene rings is 2. The summed E-state index contributed by atoms with van der Waals surface area (Å²) in [4.78, 5) is 16.8. The molecule has 2 aromatic carbocycles. The van der Waals surface area contributed by atoms with Crippen molar-refractivity contribution in [3.05, 3.63) is 93.4 Å². The fourth-order valence-corrected chi connectivity index (χ4v) is 9.48. The number of aliphatic hydroxyl groups is 1.